The first-order chi connectivity index (χ1) is 22.8. The molecule has 46 heavy (non-hydrogen) atoms. The predicted molar refractivity (Wildman–Crippen MR) is 207 cm³/mol. The Labute approximate surface area is 291 Å². The van der Waals surface area contributed by atoms with Gasteiger partial charge in [-0.3, -0.25) is 0 Å². The summed E-state index contributed by atoms with van der Waals surface area (Å²) in [6.07, 6.45) is 56.6. The van der Waals surface area contributed by atoms with Crippen molar-refractivity contribution in [2.45, 2.75) is 251 Å². The van der Waals surface area contributed by atoms with Gasteiger partial charge in [-0.15, -0.1) is 0 Å². The van der Waals surface area contributed by atoms with Crippen molar-refractivity contribution in [1.29, 1.82) is 0 Å². The van der Waals surface area contributed by atoms with Crippen LogP contribution in [0.2, 0.25) is 0 Å². The van der Waals surface area contributed by atoms with Crippen LogP contribution in [0.3, 0.4) is 0 Å². The molecule has 0 aromatic rings. The molecule has 0 bridgehead atoms. The van der Waals surface area contributed by atoms with Gasteiger partial charge in [0.25, 0.3) is 0 Å². The Bertz CT molecular complexity index is 593. The number of hydrogen-bond acceptors (Lipinski definition) is 3. The lowest BCUT2D eigenvalue weighted by atomic mass is 10.0. The van der Waals surface area contributed by atoms with Crippen LogP contribution < -0.4 is 0 Å². The second-order valence-corrected chi connectivity index (χ2v) is 15.4. The Hall–Kier alpha value is -0.270. The Balaban J connectivity index is 3.08. The second-order valence-electron chi connectivity index (χ2n) is 14.3. The fourth-order valence-corrected chi connectivity index (χ4v) is 7.18. The van der Waals surface area contributed by atoms with Gasteiger partial charge in [0.05, 0.1) is 12.9 Å². The summed E-state index contributed by atoms with van der Waals surface area (Å²) < 4.78 is 21.1. The summed E-state index contributed by atoms with van der Waals surface area (Å²) in [4.78, 5) is 0. The zero-order valence-electron chi connectivity index (χ0n) is 31.7. The van der Waals surface area contributed by atoms with Crippen molar-refractivity contribution in [3.8, 4) is 0 Å². The SMILES string of the molecule is CCCCCCCCCCCCCCCCCCCCCCCCCCCCCCCCCCCCCC/C=C/O[PH](=O)OCC. The van der Waals surface area contributed by atoms with E-state index in [0.717, 1.165) is 6.42 Å². The van der Waals surface area contributed by atoms with Crippen LogP contribution in [-0.4, -0.2) is 6.61 Å². The third kappa shape index (κ3) is 41.8. The van der Waals surface area contributed by atoms with E-state index < -0.39 is 8.25 Å². The first kappa shape index (κ1) is 45.7. The molecule has 0 aliphatic carbocycles. The largest absolute Gasteiger partial charge is 0.435 e. The number of unbranched alkanes of at least 4 members (excludes halogenated alkanes) is 36. The molecule has 0 radical (unpaired) electrons. The summed E-state index contributed by atoms with van der Waals surface area (Å²) in [5.74, 6) is 0. The van der Waals surface area contributed by atoms with E-state index in [1.807, 2.05) is 13.0 Å². The Morgan fingerprint density at radius 1 is 0.370 bits per heavy atom. The van der Waals surface area contributed by atoms with Gasteiger partial charge in [0.15, 0.2) is 0 Å². The van der Waals surface area contributed by atoms with Gasteiger partial charge in [0, 0.05) is 0 Å². The molecule has 0 heterocycles. The highest BCUT2D eigenvalue weighted by molar-refractivity contribution is 7.33. The molecule has 1 atom stereocenters. The number of hydrogen-bond donors (Lipinski definition) is 0. The van der Waals surface area contributed by atoms with E-state index in [2.05, 4.69) is 6.92 Å². The first-order valence-corrected chi connectivity index (χ1v) is 22.5. The fourth-order valence-electron chi connectivity index (χ4n) is 6.67. The summed E-state index contributed by atoms with van der Waals surface area (Å²) >= 11 is 0. The molecule has 0 N–H and O–H groups in total. The minimum Gasteiger partial charge on any atom is -0.435 e. The van der Waals surface area contributed by atoms with Crippen LogP contribution >= 0.6 is 8.25 Å². The summed E-state index contributed by atoms with van der Waals surface area (Å²) in [7, 11) is -2.31. The maximum Gasteiger partial charge on any atom is 0.367 e. The Morgan fingerprint density at radius 3 is 0.848 bits per heavy atom. The van der Waals surface area contributed by atoms with Crippen LogP contribution in [0.15, 0.2) is 12.3 Å². The lowest BCUT2D eigenvalue weighted by Crippen LogP contribution is -1.85. The summed E-state index contributed by atoms with van der Waals surface area (Å²) in [5, 5.41) is 0. The summed E-state index contributed by atoms with van der Waals surface area (Å²) in [5.41, 5.74) is 0. The molecule has 0 aromatic heterocycles. The van der Waals surface area contributed by atoms with E-state index in [0.29, 0.717) is 6.61 Å². The molecule has 3 nitrogen and oxygen atoms in total. The van der Waals surface area contributed by atoms with Crippen LogP contribution in [0.5, 0.6) is 0 Å². The lowest BCUT2D eigenvalue weighted by molar-refractivity contribution is 0.285. The molecule has 0 saturated carbocycles. The van der Waals surface area contributed by atoms with Gasteiger partial charge >= 0.3 is 8.25 Å². The quantitative estimate of drug-likeness (QED) is 0.0369. The van der Waals surface area contributed by atoms with Crippen LogP contribution in [0.25, 0.3) is 0 Å². The highest BCUT2D eigenvalue weighted by atomic mass is 31.1. The molecule has 276 valence electrons. The molecule has 1 unspecified atom stereocenters. The molecule has 0 aromatic carbocycles. The molecule has 0 fully saturated rings. The normalized spacial score (nSPS) is 12.4. The fraction of sp³-hybridized carbons (Fsp3) is 0.952. The highest BCUT2D eigenvalue weighted by Crippen LogP contribution is 2.23. The third-order valence-electron chi connectivity index (χ3n) is 9.75. The van der Waals surface area contributed by atoms with Gasteiger partial charge in [-0.05, 0) is 25.8 Å². The van der Waals surface area contributed by atoms with Crippen molar-refractivity contribution in [2.75, 3.05) is 6.61 Å². The molecule has 0 amide bonds. The Kier molecular flexibility index (Phi) is 42.5. The van der Waals surface area contributed by atoms with E-state index in [-0.39, 0.29) is 0 Å². The summed E-state index contributed by atoms with van der Waals surface area (Å²) in [6, 6.07) is 0. The van der Waals surface area contributed by atoms with Crippen molar-refractivity contribution >= 4 is 8.25 Å². The van der Waals surface area contributed by atoms with E-state index in [9.17, 15) is 4.57 Å². The third-order valence-corrected chi connectivity index (χ3v) is 10.6. The molecule has 0 rings (SSSR count). The molecule has 4 heteroatoms. The minimum atomic E-state index is -2.31. The monoisotopic (exact) mass is 669 g/mol. The standard InChI is InChI=1S/C42H85O3P/c1-3-5-6-7-8-9-10-11-12-13-14-15-16-17-18-19-20-21-22-23-24-25-26-27-28-29-30-31-32-33-34-35-36-37-38-39-40-41-42-45-46(43)44-4-2/h41-42,46H,3-40H2,1-2H3/b42-41+. The van der Waals surface area contributed by atoms with Crippen LogP contribution in [-0.2, 0) is 13.6 Å². The van der Waals surface area contributed by atoms with Crippen molar-refractivity contribution < 1.29 is 13.6 Å². The van der Waals surface area contributed by atoms with Gasteiger partial charge in [0.1, 0.15) is 0 Å². The number of allylic oxidation sites excluding steroid dienone is 1. The lowest BCUT2D eigenvalue weighted by Gasteiger charge is -2.05. The van der Waals surface area contributed by atoms with E-state index in [1.54, 1.807) is 6.26 Å². The second kappa shape index (κ2) is 42.8. The smallest absolute Gasteiger partial charge is 0.367 e. The maximum absolute atomic E-state index is 11.2. The number of rotatable bonds is 41. The molecule has 0 saturated heterocycles. The molecule has 0 spiro atoms. The van der Waals surface area contributed by atoms with Gasteiger partial charge in [0.2, 0.25) is 0 Å². The van der Waals surface area contributed by atoms with E-state index in [1.165, 1.54) is 231 Å². The van der Waals surface area contributed by atoms with Crippen molar-refractivity contribution in [3.05, 3.63) is 12.3 Å². The molecular weight excluding hydrogens is 583 g/mol. The predicted octanol–water partition coefficient (Wildman–Crippen LogP) is 16.4. The van der Waals surface area contributed by atoms with Gasteiger partial charge < -0.3 is 9.05 Å². The van der Waals surface area contributed by atoms with Gasteiger partial charge in [-0.1, -0.05) is 232 Å². The van der Waals surface area contributed by atoms with Crippen LogP contribution in [0, 0.1) is 0 Å². The maximum atomic E-state index is 11.2. The zero-order valence-corrected chi connectivity index (χ0v) is 32.7. The van der Waals surface area contributed by atoms with Crippen LogP contribution in [0.1, 0.15) is 251 Å². The Morgan fingerprint density at radius 2 is 0.609 bits per heavy atom. The topological polar surface area (TPSA) is 35.5 Å². The summed E-state index contributed by atoms with van der Waals surface area (Å²) in [6.45, 7) is 4.56. The van der Waals surface area contributed by atoms with Crippen molar-refractivity contribution in [2.24, 2.45) is 0 Å². The highest BCUT2D eigenvalue weighted by Gasteiger charge is 1.98. The molecule has 0 aliphatic heterocycles. The van der Waals surface area contributed by atoms with Crippen LogP contribution in [0.4, 0.5) is 0 Å². The zero-order chi connectivity index (χ0) is 33.3. The van der Waals surface area contributed by atoms with E-state index >= 15 is 0 Å². The van der Waals surface area contributed by atoms with Gasteiger partial charge in [-0.25, -0.2) is 4.57 Å². The average Bonchev–Trinajstić information content (AvgIpc) is 3.06. The van der Waals surface area contributed by atoms with Crippen molar-refractivity contribution in [3.63, 3.8) is 0 Å². The first-order valence-electron chi connectivity index (χ1n) is 21.3. The average molecular weight is 669 g/mol. The van der Waals surface area contributed by atoms with E-state index in [4.69, 9.17) is 9.05 Å². The van der Waals surface area contributed by atoms with Gasteiger partial charge in [-0.2, -0.15) is 0 Å². The molecule has 0 aliphatic rings. The minimum absolute atomic E-state index is 0.436. The van der Waals surface area contributed by atoms with Crippen molar-refractivity contribution in [1.82, 2.24) is 0 Å². The molecular formula is C42H85O3P.